The highest BCUT2D eigenvalue weighted by atomic mass is 15.3. The van der Waals surface area contributed by atoms with Gasteiger partial charge in [0.15, 0.2) is 5.96 Å². The maximum atomic E-state index is 4.13. The van der Waals surface area contributed by atoms with E-state index in [1.807, 2.05) is 37.0 Å². The van der Waals surface area contributed by atoms with Crippen molar-refractivity contribution in [1.29, 1.82) is 0 Å². The molecule has 0 aliphatic heterocycles. The van der Waals surface area contributed by atoms with Crippen molar-refractivity contribution in [3.8, 4) is 0 Å². The largest absolute Gasteiger partial charge is 0.349 e. The first-order chi connectivity index (χ1) is 5.13. The van der Waals surface area contributed by atoms with Gasteiger partial charge in [-0.25, -0.2) is 0 Å². The molecular formula is C8H17N3. The number of hydrogen-bond donors (Lipinski definition) is 0. The number of aliphatic imine (C=N–C) groups is 1. The molecule has 0 atom stereocenters. The van der Waals surface area contributed by atoms with Gasteiger partial charge in [-0.1, -0.05) is 6.08 Å². The van der Waals surface area contributed by atoms with Gasteiger partial charge in [0.25, 0.3) is 0 Å². The molecule has 3 nitrogen and oxygen atoms in total. The topological polar surface area (TPSA) is 18.8 Å². The Balaban J connectivity index is 4.15. The monoisotopic (exact) mass is 155 g/mol. The Morgan fingerprint density at radius 2 is 2.00 bits per heavy atom. The van der Waals surface area contributed by atoms with Gasteiger partial charge in [0.1, 0.15) is 0 Å². The molecule has 0 aliphatic carbocycles. The van der Waals surface area contributed by atoms with Crippen molar-refractivity contribution in [3.05, 3.63) is 12.7 Å². The van der Waals surface area contributed by atoms with Crippen molar-refractivity contribution in [1.82, 2.24) is 9.80 Å². The fourth-order valence-corrected chi connectivity index (χ4v) is 0.987. The van der Waals surface area contributed by atoms with Crippen LogP contribution in [0.4, 0.5) is 0 Å². The van der Waals surface area contributed by atoms with E-state index in [1.165, 1.54) is 0 Å². The first kappa shape index (κ1) is 10.0. The minimum absolute atomic E-state index is 0.824. The predicted molar refractivity (Wildman–Crippen MR) is 49.9 cm³/mol. The van der Waals surface area contributed by atoms with Crippen molar-refractivity contribution < 1.29 is 0 Å². The molecule has 0 saturated carbocycles. The van der Waals surface area contributed by atoms with E-state index in [2.05, 4.69) is 11.6 Å². The Labute approximate surface area is 69.0 Å². The van der Waals surface area contributed by atoms with Crippen molar-refractivity contribution in [2.24, 2.45) is 4.99 Å². The van der Waals surface area contributed by atoms with Crippen LogP contribution >= 0.6 is 0 Å². The normalized spacial score (nSPS) is 11.1. The molecule has 0 spiro atoms. The quantitative estimate of drug-likeness (QED) is 0.331. The lowest BCUT2D eigenvalue weighted by Crippen LogP contribution is -2.37. The van der Waals surface area contributed by atoms with E-state index in [-0.39, 0.29) is 0 Å². The average molecular weight is 155 g/mol. The Kier molecular flexibility index (Phi) is 4.34. The highest BCUT2D eigenvalue weighted by molar-refractivity contribution is 5.79. The number of hydrogen-bond acceptors (Lipinski definition) is 1. The summed E-state index contributed by atoms with van der Waals surface area (Å²) in [7, 11) is 7.72. The van der Waals surface area contributed by atoms with Gasteiger partial charge < -0.3 is 9.80 Å². The molecule has 11 heavy (non-hydrogen) atoms. The summed E-state index contributed by atoms with van der Waals surface area (Å²) in [6.45, 7) is 4.49. The molecule has 0 aromatic carbocycles. The van der Waals surface area contributed by atoms with Gasteiger partial charge in [-0.3, -0.25) is 4.99 Å². The highest BCUT2D eigenvalue weighted by Gasteiger charge is 2.04. The van der Waals surface area contributed by atoms with E-state index in [0.717, 1.165) is 12.5 Å². The summed E-state index contributed by atoms with van der Waals surface area (Å²) in [6.07, 6.45) is 1.86. The molecule has 0 amide bonds. The Morgan fingerprint density at radius 3 is 2.27 bits per heavy atom. The summed E-state index contributed by atoms with van der Waals surface area (Å²) < 4.78 is 0. The zero-order chi connectivity index (χ0) is 8.85. The molecule has 0 bridgehead atoms. The number of likely N-dealkylation sites (N-methyl/N-ethyl adjacent to an activating group) is 1. The van der Waals surface area contributed by atoms with E-state index in [0.29, 0.717) is 0 Å². The molecule has 3 heteroatoms. The van der Waals surface area contributed by atoms with E-state index in [9.17, 15) is 0 Å². The van der Waals surface area contributed by atoms with Gasteiger partial charge >= 0.3 is 0 Å². The summed E-state index contributed by atoms with van der Waals surface area (Å²) >= 11 is 0. The molecule has 0 rings (SSSR count). The molecule has 0 aromatic rings. The van der Waals surface area contributed by atoms with Crippen LogP contribution in [0.1, 0.15) is 0 Å². The van der Waals surface area contributed by atoms with Gasteiger partial charge in [0.05, 0.1) is 0 Å². The van der Waals surface area contributed by atoms with Crippen molar-refractivity contribution in [2.75, 3.05) is 34.7 Å². The number of guanidine groups is 1. The third-order valence-corrected chi connectivity index (χ3v) is 1.34. The Morgan fingerprint density at radius 1 is 1.45 bits per heavy atom. The number of rotatable bonds is 2. The van der Waals surface area contributed by atoms with E-state index < -0.39 is 0 Å². The Bertz CT molecular complexity index is 149. The van der Waals surface area contributed by atoms with Crippen LogP contribution in [0.25, 0.3) is 0 Å². The van der Waals surface area contributed by atoms with Gasteiger partial charge in [0.2, 0.25) is 0 Å². The standard InChI is InChI=1S/C8H17N3/c1-6-7-11(5)8(9-2)10(3)4/h6H,1,7H2,2-5H3. The van der Waals surface area contributed by atoms with Crippen LogP contribution < -0.4 is 0 Å². The molecule has 0 saturated heterocycles. The molecule has 0 heterocycles. The van der Waals surface area contributed by atoms with Gasteiger partial charge in [0, 0.05) is 34.7 Å². The number of nitrogens with zero attached hydrogens (tertiary/aromatic N) is 3. The second kappa shape index (κ2) is 4.77. The minimum Gasteiger partial charge on any atom is -0.349 e. The smallest absolute Gasteiger partial charge is 0.195 e. The average Bonchev–Trinajstić information content (AvgIpc) is 1.88. The van der Waals surface area contributed by atoms with Crippen LogP contribution in [-0.4, -0.2) is 50.5 Å². The molecule has 64 valence electrons. The summed E-state index contributed by atoms with van der Waals surface area (Å²) in [5.41, 5.74) is 0. The zero-order valence-electron chi connectivity index (χ0n) is 7.83. The summed E-state index contributed by atoms with van der Waals surface area (Å²) in [6, 6.07) is 0. The fourth-order valence-electron chi connectivity index (χ4n) is 0.987. The second-order valence-corrected chi connectivity index (χ2v) is 2.59. The molecule has 0 N–H and O–H groups in total. The van der Waals surface area contributed by atoms with E-state index >= 15 is 0 Å². The predicted octanol–water partition coefficient (Wildman–Crippen LogP) is 0.652. The van der Waals surface area contributed by atoms with Crippen LogP contribution in [0, 0.1) is 0 Å². The zero-order valence-corrected chi connectivity index (χ0v) is 7.83. The SMILES string of the molecule is C=CCN(C)C(=NC)N(C)C. The summed E-state index contributed by atoms with van der Waals surface area (Å²) in [5, 5.41) is 0. The molecule has 0 fully saturated rings. The Hall–Kier alpha value is -0.990. The van der Waals surface area contributed by atoms with Crippen LogP contribution in [0.3, 0.4) is 0 Å². The molecule has 0 aromatic heterocycles. The van der Waals surface area contributed by atoms with Crippen LogP contribution in [-0.2, 0) is 0 Å². The summed E-state index contributed by atoms with van der Waals surface area (Å²) in [5.74, 6) is 0.963. The maximum Gasteiger partial charge on any atom is 0.195 e. The minimum atomic E-state index is 0.824. The third-order valence-electron chi connectivity index (χ3n) is 1.34. The van der Waals surface area contributed by atoms with Crippen LogP contribution in [0.5, 0.6) is 0 Å². The first-order valence-electron chi connectivity index (χ1n) is 3.59. The van der Waals surface area contributed by atoms with Gasteiger partial charge in [-0.2, -0.15) is 0 Å². The van der Waals surface area contributed by atoms with Gasteiger partial charge in [-0.15, -0.1) is 6.58 Å². The third kappa shape index (κ3) is 3.07. The van der Waals surface area contributed by atoms with Crippen molar-refractivity contribution in [2.45, 2.75) is 0 Å². The second-order valence-electron chi connectivity index (χ2n) is 2.59. The van der Waals surface area contributed by atoms with E-state index in [4.69, 9.17) is 0 Å². The first-order valence-corrected chi connectivity index (χ1v) is 3.59. The summed E-state index contributed by atoms with van der Waals surface area (Å²) in [4.78, 5) is 8.14. The maximum absolute atomic E-state index is 4.13. The van der Waals surface area contributed by atoms with E-state index in [1.54, 1.807) is 7.05 Å². The highest BCUT2D eigenvalue weighted by Crippen LogP contribution is 1.90. The molecule has 0 aliphatic rings. The molecular weight excluding hydrogens is 138 g/mol. The van der Waals surface area contributed by atoms with Crippen molar-refractivity contribution in [3.63, 3.8) is 0 Å². The lowest BCUT2D eigenvalue weighted by atomic mass is 10.5. The van der Waals surface area contributed by atoms with Crippen molar-refractivity contribution >= 4 is 5.96 Å². The lowest BCUT2D eigenvalue weighted by Gasteiger charge is -2.24. The van der Waals surface area contributed by atoms with Crippen LogP contribution in [0.15, 0.2) is 17.6 Å². The lowest BCUT2D eigenvalue weighted by molar-refractivity contribution is 0.455. The van der Waals surface area contributed by atoms with Gasteiger partial charge in [-0.05, 0) is 0 Å². The fraction of sp³-hybridized carbons (Fsp3) is 0.625. The molecule has 0 unspecified atom stereocenters. The molecule has 0 radical (unpaired) electrons. The van der Waals surface area contributed by atoms with Crippen LogP contribution in [0.2, 0.25) is 0 Å².